The van der Waals surface area contributed by atoms with E-state index in [1.807, 2.05) is 0 Å². The predicted molar refractivity (Wildman–Crippen MR) is 88.0 cm³/mol. The molecule has 1 N–H and O–H groups in total. The molecule has 2 aromatic rings. The van der Waals surface area contributed by atoms with Crippen LogP contribution in [0.25, 0.3) is 0 Å². The van der Waals surface area contributed by atoms with E-state index in [0.29, 0.717) is 31.9 Å². The normalized spacial score (nSPS) is 22.9. The Bertz CT molecular complexity index is 828. The summed E-state index contributed by atoms with van der Waals surface area (Å²) in [6.45, 7) is 3.03. The number of likely N-dealkylation sites (tertiary alicyclic amines) is 1. The minimum Gasteiger partial charge on any atom is -0.508 e. The van der Waals surface area contributed by atoms with E-state index in [4.69, 9.17) is 4.74 Å². The highest BCUT2D eigenvalue weighted by molar-refractivity contribution is 5.45. The molecule has 1 fully saturated rings. The van der Waals surface area contributed by atoms with Crippen molar-refractivity contribution in [3.8, 4) is 5.75 Å². The zero-order chi connectivity index (χ0) is 17.4. The number of nitro benzene ring substituents is 1. The third kappa shape index (κ3) is 2.83. The Hall–Kier alpha value is -2.58. The number of ether oxygens (including phenoxy) is 1. The summed E-state index contributed by atoms with van der Waals surface area (Å²) in [5, 5.41) is 20.9. The van der Waals surface area contributed by atoms with Crippen LogP contribution in [0.3, 0.4) is 0 Å². The fourth-order valence-electron chi connectivity index (χ4n) is 3.89. The molecule has 1 aromatic carbocycles. The predicted octanol–water partition coefficient (Wildman–Crippen LogP) is 1.76. The van der Waals surface area contributed by atoms with Gasteiger partial charge in [-0.05, 0) is 25.1 Å². The molecule has 0 aliphatic carbocycles. The molecular weight excluding hydrogens is 324 g/mol. The van der Waals surface area contributed by atoms with Crippen molar-refractivity contribution >= 4 is 5.69 Å². The number of hydrogen-bond acceptors (Lipinski definition) is 7. The van der Waals surface area contributed by atoms with Gasteiger partial charge in [-0.2, -0.15) is 0 Å². The molecule has 1 aromatic heterocycles. The van der Waals surface area contributed by atoms with E-state index in [2.05, 4.69) is 14.9 Å². The maximum atomic E-state index is 11.2. The first kappa shape index (κ1) is 15.9. The van der Waals surface area contributed by atoms with Gasteiger partial charge < -0.3 is 9.84 Å². The second-order valence-electron chi connectivity index (χ2n) is 6.70. The Balaban J connectivity index is 1.59. The van der Waals surface area contributed by atoms with Crippen LogP contribution in [0.15, 0.2) is 30.7 Å². The molecule has 2 aliphatic rings. The van der Waals surface area contributed by atoms with Gasteiger partial charge in [0.15, 0.2) is 0 Å². The number of rotatable bonds is 3. The summed E-state index contributed by atoms with van der Waals surface area (Å²) >= 11 is 0. The van der Waals surface area contributed by atoms with Crippen LogP contribution < -0.4 is 0 Å². The minimum absolute atomic E-state index is 0.0290. The molecule has 1 spiro atoms. The van der Waals surface area contributed by atoms with E-state index in [9.17, 15) is 15.2 Å². The first-order valence-electron chi connectivity index (χ1n) is 8.13. The largest absolute Gasteiger partial charge is 0.508 e. The Labute approximate surface area is 144 Å². The van der Waals surface area contributed by atoms with Gasteiger partial charge in [-0.25, -0.2) is 9.97 Å². The van der Waals surface area contributed by atoms with Gasteiger partial charge in [0.1, 0.15) is 12.1 Å². The molecule has 0 radical (unpaired) electrons. The van der Waals surface area contributed by atoms with Crippen molar-refractivity contribution in [1.82, 2.24) is 14.9 Å². The topological polar surface area (TPSA) is 102 Å². The van der Waals surface area contributed by atoms with Crippen LogP contribution in [0.4, 0.5) is 5.69 Å². The molecule has 3 heterocycles. The number of nitro groups is 1. The fourth-order valence-corrected chi connectivity index (χ4v) is 3.89. The van der Waals surface area contributed by atoms with Gasteiger partial charge in [-0.1, -0.05) is 0 Å². The van der Waals surface area contributed by atoms with Crippen LogP contribution in [0.2, 0.25) is 0 Å². The molecule has 1 atom stereocenters. The average Bonchev–Trinajstić information content (AvgIpc) is 2.98. The van der Waals surface area contributed by atoms with E-state index >= 15 is 0 Å². The van der Waals surface area contributed by atoms with E-state index in [1.165, 1.54) is 18.2 Å². The quantitative estimate of drug-likeness (QED) is 0.670. The first-order chi connectivity index (χ1) is 12.1. The van der Waals surface area contributed by atoms with Crippen LogP contribution >= 0.6 is 0 Å². The van der Waals surface area contributed by atoms with Crippen molar-refractivity contribution in [2.75, 3.05) is 19.7 Å². The summed E-state index contributed by atoms with van der Waals surface area (Å²) < 4.78 is 5.76. The molecule has 1 unspecified atom stereocenters. The third-order valence-corrected chi connectivity index (χ3v) is 5.01. The smallest absolute Gasteiger partial charge is 0.274 e. The highest BCUT2D eigenvalue weighted by Crippen LogP contribution is 2.39. The SMILES string of the molecule is O=[N+]([O-])c1ccc(O)cc1CN1CCC2(COCc3cncnc32)C1. The van der Waals surface area contributed by atoms with Crippen molar-refractivity contribution in [3.05, 3.63) is 57.7 Å². The monoisotopic (exact) mass is 342 g/mol. The number of hydrogen-bond donors (Lipinski definition) is 1. The summed E-state index contributed by atoms with van der Waals surface area (Å²) in [5.41, 5.74) is 2.39. The molecule has 130 valence electrons. The molecule has 4 rings (SSSR count). The van der Waals surface area contributed by atoms with Gasteiger partial charge in [0.2, 0.25) is 0 Å². The summed E-state index contributed by atoms with van der Waals surface area (Å²) in [6, 6.07) is 4.16. The van der Waals surface area contributed by atoms with Crippen LogP contribution in [0.5, 0.6) is 5.75 Å². The van der Waals surface area contributed by atoms with E-state index in [0.717, 1.165) is 24.2 Å². The van der Waals surface area contributed by atoms with Crippen molar-refractivity contribution < 1.29 is 14.8 Å². The first-order valence-corrected chi connectivity index (χ1v) is 8.13. The van der Waals surface area contributed by atoms with Crippen LogP contribution in [0, 0.1) is 10.1 Å². The molecule has 1 saturated heterocycles. The van der Waals surface area contributed by atoms with Crippen molar-refractivity contribution in [3.63, 3.8) is 0 Å². The zero-order valence-corrected chi connectivity index (χ0v) is 13.6. The Morgan fingerprint density at radius 2 is 2.32 bits per heavy atom. The number of fused-ring (bicyclic) bond motifs is 2. The molecule has 8 heteroatoms. The zero-order valence-electron chi connectivity index (χ0n) is 13.6. The molecule has 8 nitrogen and oxygen atoms in total. The van der Waals surface area contributed by atoms with Gasteiger partial charge >= 0.3 is 0 Å². The van der Waals surface area contributed by atoms with Gasteiger partial charge in [0, 0.05) is 36.5 Å². The van der Waals surface area contributed by atoms with Crippen LogP contribution in [0.1, 0.15) is 23.2 Å². The number of nitrogens with zero attached hydrogens (tertiary/aromatic N) is 4. The molecule has 2 aliphatic heterocycles. The number of benzene rings is 1. The summed E-state index contributed by atoms with van der Waals surface area (Å²) in [4.78, 5) is 21.5. The van der Waals surface area contributed by atoms with Gasteiger partial charge in [0.25, 0.3) is 5.69 Å². The van der Waals surface area contributed by atoms with Crippen LogP contribution in [-0.2, 0) is 23.3 Å². The number of phenolic OH excluding ortho intramolecular Hbond substituents is 1. The fraction of sp³-hybridized carbons (Fsp3) is 0.412. The lowest BCUT2D eigenvalue weighted by Gasteiger charge is -2.34. The highest BCUT2D eigenvalue weighted by atomic mass is 16.6. The van der Waals surface area contributed by atoms with Gasteiger partial charge in [-0.3, -0.25) is 15.0 Å². The van der Waals surface area contributed by atoms with Crippen LogP contribution in [-0.4, -0.2) is 44.6 Å². The van der Waals surface area contributed by atoms with Crippen molar-refractivity contribution in [2.24, 2.45) is 0 Å². The number of aromatic nitrogens is 2. The minimum atomic E-state index is -0.410. The second kappa shape index (κ2) is 6.05. The number of aromatic hydroxyl groups is 1. The standard InChI is InChI=1S/C17H18N4O4/c22-14-1-2-15(21(23)24)12(5-14)7-20-4-3-17(9-20)10-25-8-13-6-18-11-19-16(13)17/h1-2,5-6,11,22H,3-4,7-10H2. The Morgan fingerprint density at radius 1 is 1.44 bits per heavy atom. The molecule has 0 amide bonds. The van der Waals surface area contributed by atoms with E-state index in [-0.39, 0.29) is 16.9 Å². The summed E-state index contributed by atoms with van der Waals surface area (Å²) in [7, 11) is 0. The van der Waals surface area contributed by atoms with E-state index < -0.39 is 4.92 Å². The summed E-state index contributed by atoms with van der Waals surface area (Å²) in [5.74, 6) is 0.0357. The molecule has 25 heavy (non-hydrogen) atoms. The molecular formula is C17H18N4O4. The lowest BCUT2D eigenvalue weighted by atomic mass is 9.81. The maximum Gasteiger partial charge on any atom is 0.274 e. The summed E-state index contributed by atoms with van der Waals surface area (Å²) in [6.07, 6.45) is 4.24. The average molecular weight is 342 g/mol. The molecule has 0 saturated carbocycles. The van der Waals surface area contributed by atoms with Crippen molar-refractivity contribution in [2.45, 2.75) is 25.0 Å². The Morgan fingerprint density at radius 3 is 3.16 bits per heavy atom. The highest BCUT2D eigenvalue weighted by Gasteiger charge is 2.44. The van der Waals surface area contributed by atoms with Gasteiger partial charge in [-0.15, -0.1) is 0 Å². The third-order valence-electron chi connectivity index (χ3n) is 5.01. The second-order valence-corrected chi connectivity index (χ2v) is 6.70. The maximum absolute atomic E-state index is 11.2. The van der Waals surface area contributed by atoms with Crippen molar-refractivity contribution in [1.29, 1.82) is 0 Å². The molecule has 0 bridgehead atoms. The van der Waals surface area contributed by atoms with E-state index in [1.54, 1.807) is 12.5 Å². The lowest BCUT2D eigenvalue weighted by Crippen LogP contribution is -2.40. The number of phenols is 1. The Kier molecular flexibility index (Phi) is 3.85. The lowest BCUT2D eigenvalue weighted by molar-refractivity contribution is -0.385. The van der Waals surface area contributed by atoms with Gasteiger partial charge in [0.05, 0.1) is 29.2 Å².